The van der Waals surface area contributed by atoms with Crippen LogP contribution in [0.1, 0.15) is 5.56 Å². The normalized spacial score (nSPS) is 10.9. The molecule has 1 aromatic carbocycles. The first-order valence-corrected chi connectivity index (χ1v) is 4.53. The third-order valence-electron chi connectivity index (χ3n) is 1.35. The minimum atomic E-state index is -0.552. The lowest BCUT2D eigenvalue weighted by atomic mass is 10.2. The Labute approximate surface area is 78.0 Å². The highest BCUT2D eigenvalue weighted by molar-refractivity contribution is 9.09. The van der Waals surface area contributed by atoms with Crippen molar-refractivity contribution in [2.75, 3.05) is 5.33 Å². The summed E-state index contributed by atoms with van der Waals surface area (Å²) in [4.78, 5) is 0. The quantitative estimate of drug-likeness (QED) is 0.687. The Hall–Kier alpha value is -0.700. The molecule has 0 radical (unpaired) electrons. The molecule has 0 saturated carbocycles. The number of halogens is 3. The van der Waals surface area contributed by atoms with E-state index in [2.05, 4.69) is 15.9 Å². The second kappa shape index (κ2) is 4.36. The highest BCUT2D eigenvalue weighted by Crippen LogP contribution is 2.10. The zero-order chi connectivity index (χ0) is 8.97. The van der Waals surface area contributed by atoms with Crippen LogP contribution in [0.4, 0.5) is 8.78 Å². The standard InChI is InChI=1S/C9H7BrF2/c10-5-1-2-7-3-4-8(11)6-9(7)12/h1-4,6H,5H2/b2-1+. The second-order valence-electron chi connectivity index (χ2n) is 2.22. The van der Waals surface area contributed by atoms with E-state index < -0.39 is 11.6 Å². The van der Waals surface area contributed by atoms with E-state index in [0.29, 0.717) is 10.9 Å². The van der Waals surface area contributed by atoms with Crippen LogP contribution < -0.4 is 0 Å². The average Bonchev–Trinajstić information content (AvgIpc) is 2.03. The van der Waals surface area contributed by atoms with Crippen LogP contribution in [0.3, 0.4) is 0 Å². The number of benzene rings is 1. The second-order valence-corrected chi connectivity index (χ2v) is 2.87. The summed E-state index contributed by atoms with van der Waals surface area (Å²) in [5.41, 5.74) is 0.399. The molecule has 0 atom stereocenters. The first-order valence-electron chi connectivity index (χ1n) is 3.41. The monoisotopic (exact) mass is 232 g/mol. The van der Waals surface area contributed by atoms with Gasteiger partial charge in [0, 0.05) is 17.0 Å². The highest BCUT2D eigenvalue weighted by atomic mass is 79.9. The Morgan fingerprint density at radius 1 is 1.33 bits per heavy atom. The molecule has 0 aliphatic heterocycles. The molecule has 0 bridgehead atoms. The predicted molar refractivity (Wildman–Crippen MR) is 49.2 cm³/mol. The van der Waals surface area contributed by atoms with E-state index in [4.69, 9.17) is 0 Å². The van der Waals surface area contributed by atoms with Crippen LogP contribution >= 0.6 is 15.9 Å². The van der Waals surface area contributed by atoms with Gasteiger partial charge in [0.05, 0.1) is 0 Å². The van der Waals surface area contributed by atoms with Crippen molar-refractivity contribution in [1.82, 2.24) is 0 Å². The predicted octanol–water partition coefficient (Wildman–Crippen LogP) is 3.37. The topological polar surface area (TPSA) is 0 Å². The molecule has 0 fully saturated rings. The van der Waals surface area contributed by atoms with Crippen LogP contribution in [0.25, 0.3) is 6.08 Å². The Balaban J connectivity index is 2.94. The number of hydrogen-bond acceptors (Lipinski definition) is 0. The molecule has 0 spiro atoms. The van der Waals surface area contributed by atoms with Gasteiger partial charge in [-0.15, -0.1) is 0 Å². The molecule has 12 heavy (non-hydrogen) atoms. The number of hydrogen-bond donors (Lipinski definition) is 0. The van der Waals surface area contributed by atoms with Crippen molar-refractivity contribution in [2.24, 2.45) is 0 Å². The summed E-state index contributed by atoms with van der Waals surface area (Å²) in [6.07, 6.45) is 3.35. The van der Waals surface area contributed by atoms with E-state index in [1.165, 1.54) is 12.1 Å². The molecule has 1 aromatic rings. The molecule has 1 rings (SSSR count). The lowest BCUT2D eigenvalue weighted by Crippen LogP contribution is -1.83. The molecule has 64 valence electrons. The first-order chi connectivity index (χ1) is 5.74. The third-order valence-corrected chi connectivity index (χ3v) is 1.72. The van der Waals surface area contributed by atoms with Gasteiger partial charge in [0.15, 0.2) is 0 Å². The largest absolute Gasteiger partial charge is 0.207 e. The summed E-state index contributed by atoms with van der Waals surface area (Å²) < 4.78 is 25.3. The van der Waals surface area contributed by atoms with Crippen LogP contribution in [0, 0.1) is 11.6 Å². The average molecular weight is 233 g/mol. The SMILES string of the molecule is Fc1ccc(/C=C/CBr)c(F)c1. The Kier molecular flexibility index (Phi) is 3.41. The van der Waals surface area contributed by atoms with E-state index >= 15 is 0 Å². The van der Waals surface area contributed by atoms with E-state index in [9.17, 15) is 8.78 Å². The molecule has 0 heterocycles. The van der Waals surface area contributed by atoms with Gasteiger partial charge in [0.2, 0.25) is 0 Å². The fourth-order valence-corrected chi connectivity index (χ4v) is 0.995. The molecule has 0 aliphatic carbocycles. The highest BCUT2D eigenvalue weighted by Gasteiger charge is 1.98. The fourth-order valence-electron chi connectivity index (χ4n) is 0.808. The molecule has 0 N–H and O–H groups in total. The van der Waals surface area contributed by atoms with Crippen molar-refractivity contribution in [3.05, 3.63) is 41.5 Å². The van der Waals surface area contributed by atoms with Crippen LogP contribution in [-0.2, 0) is 0 Å². The minimum absolute atomic E-state index is 0.399. The van der Waals surface area contributed by atoms with E-state index in [1.54, 1.807) is 12.2 Å². The first kappa shape index (κ1) is 9.39. The molecule has 0 saturated heterocycles. The third kappa shape index (κ3) is 2.41. The van der Waals surface area contributed by atoms with Crippen molar-refractivity contribution in [3.8, 4) is 0 Å². The van der Waals surface area contributed by atoms with E-state index in [1.807, 2.05) is 0 Å². The molecular weight excluding hydrogens is 226 g/mol. The van der Waals surface area contributed by atoms with Crippen molar-refractivity contribution >= 4 is 22.0 Å². The number of rotatable bonds is 2. The Morgan fingerprint density at radius 2 is 2.08 bits per heavy atom. The molecule has 0 aromatic heterocycles. The maximum Gasteiger partial charge on any atom is 0.133 e. The maximum absolute atomic E-state index is 12.9. The summed E-state index contributed by atoms with van der Waals surface area (Å²) in [6, 6.07) is 3.51. The fraction of sp³-hybridized carbons (Fsp3) is 0.111. The van der Waals surface area contributed by atoms with Crippen LogP contribution in [0.5, 0.6) is 0 Å². The minimum Gasteiger partial charge on any atom is -0.207 e. The van der Waals surface area contributed by atoms with Crippen molar-refractivity contribution in [3.63, 3.8) is 0 Å². The Bertz CT molecular complexity index is 295. The zero-order valence-corrected chi connectivity index (χ0v) is 7.81. The summed E-state index contributed by atoms with van der Waals surface area (Å²) in [7, 11) is 0. The van der Waals surface area contributed by atoms with Gasteiger partial charge in [-0.3, -0.25) is 0 Å². The number of alkyl halides is 1. The van der Waals surface area contributed by atoms with Gasteiger partial charge in [-0.1, -0.05) is 28.1 Å². The molecular formula is C9H7BrF2. The van der Waals surface area contributed by atoms with Gasteiger partial charge in [-0.25, -0.2) is 8.78 Å². The van der Waals surface area contributed by atoms with Gasteiger partial charge in [-0.2, -0.15) is 0 Å². The van der Waals surface area contributed by atoms with Crippen molar-refractivity contribution < 1.29 is 8.78 Å². The van der Waals surface area contributed by atoms with E-state index in [0.717, 1.165) is 6.07 Å². The van der Waals surface area contributed by atoms with Crippen molar-refractivity contribution in [2.45, 2.75) is 0 Å². The van der Waals surface area contributed by atoms with E-state index in [-0.39, 0.29) is 0 Å². The lowest BCUT2D eigenvalue weighted by molar-refractivity contribution is 0.581. The lowest BCUT2D eigenvalue weighted by Gasteiger charge is -1.95. The van der Waals surface area contributed by atoms with Gasteiger partial charge < -0.3 is 0 Å². The van der Waals surface area contributed by atoms with Crippen LogP contribution in [0.15, 0.2) is 24.3 Å². The summed E-state index contributed by atoms with van der Waals surface area (Å²) in [6.45, 7) is 0. The van der Waals surface area contributed by atoms with Gasteiger partial charge in [0.25, 0.3) is 0 Å². The zero-order valence-electron chi connectivity index (χ0n) is 6.23. The maximum atomic E-state index is 12.9. The van der Waals surface area contributed by atoms with Crippen LogP contribution in [0.2, 0.25) is 0 Å². The van der Waals surface area contributed by atoms with Crippen molar-refractivity contribution in [1.29, 1.82) is 0 Å². The van der Waals surface area contributed by atoms with Gasteiger partial charge in [0.1, 0.15) is 11.6 Å². The molecule has 0 unspecified atom stereocenters. The summed E-state index contributed by atoms with van der Waals surface area (Å²) in [5, 5.41) is 0.657. The molecule has 0 aliphatic rings. The molecule has 3 heteroatoms. The summed E-state index contributed by atoms with van der Waals surface area (Å²) >= 11 is 3.16. The molecule has 0 nitrogen and oxygen atoms in total. The molecule has 0 amide bonds. The smallest absolute Gasteiger partial charge is 0.133 e. The Morgan fingerprint density at radius 3 is 2.67 bits per heavy atom. The number of allylic oxidation sites excluding steroid dienone is 1. The van der Waals surface area contributed by atoms with Gasteiger partial charge >= 0.3 is 0 Å². The summed E-state index contributed by atoms with van der Waals surface area (Å²) in [5.74, 6) is -1.09. The van der Waals surface area contributed by atoms with Gasteiger partial charge in [-0.05, 0) is 12.1 Å². The van der Waals surface area contributed by atoms with Crippen LogP contribution in [-0.4, -0.2) is 5.33 Å².